The van der Waals surface area contributed by atoms with Crippen LogP contribution in [0.25, 0.3) is 0 Å². The molecule has 0 radical (unpaired) electrons. The summed E-state index contributed by atoms with van der Waals surface area (Å²) in [5, 5.41) is 1.49. The zero-order valence-electron chi connectivity index (χ0n) is 7.59. The van der Waals surface area contributed by atoms with E-state index in [9.17, 15) is 0 Å². The predicted octanol–water partition coefficient (Wildman–Crippen LogP) is 2.37. The molecule has 0 aliphatic carbocycles. The zero-order chi connectivity index (χ0) is 10.7. The van der Waals surface area contributed by atoms with E-state index >= 15 is 0 Å². The van der Waals surface area contributed by atoms with Crippen molar-refractivity contribution in [3.8, 4) is 0 Å². The number of hydrogen-bond donors (Lipinski definition) is 1. The van der Waals surface area contributed by atoms with Crippen LogP contribution < -0.4 is 5.73 Å². The largest absolute Gasteiger partial charge is 0.381 e. The minimum atomic E-state index is 0.417. The highest BCUT2D eigenvalue weighted by atomic mass is 79.9. The quantitative estimate of drug-likeness (QED) is 0.916. The molecule has 0 saturated carbocycles. The van der Waals surface area contributed by atoms with Crippen LogP contribution in [0.5, 0.6) is 0 Å². The molecule has 6 heteroatoms. The first-order chi connectivity index (χ1) is 7.27. The number of nitrogen functional groups attached to an aromatic ring is 1. The Morgan fingerprint density at radius 1 is 1.07 bits per heavy atom. The third-order valence-electron chi connectivity index (χ3n) is 1.61. The van der Waals surface area contributed by atoms with Crippen LogP contribution >= 0.6 is 27.7 Å². The lowest BCUT2D eigenvalue weighted by molar-refractivity contribution is 1.05. The van der Waals surface area contributed by atoms with Crippen LogP contribution in [0.2, 0.25) is 0 Å². The van der Waals surface area contributed by atoms with Crippen molar-refractivity contribution in [3.05, 3.63) is 35.2 Å². The molecule has 2 aromatic rings. The van der Waals surface area contributed by atoms with E-state index in [0.29, 0.717) is 10.8 Å². The summed E-state index contributed by atoms with van der Waals surface area (Å²) in [6.45, 7) is 0. The molecule has 0 fully saturated rings. The van der Waals surface area contributed by atoms with Crippen molar-refractivity contribution in [1.82, 2.24) is 15.0 Å². The highest BCUT2D eigenvalue weighted by Crippen LogP contribution is 2.31. The van der Waals surface area contributed by atoms with E-state index in [2.05, 4.69) is 30.9 Å². The molecule has 2 N–H and O–H groups in total. The maximum absolute atomic E-state index is 5.68. The highest BCUT2D eigenvalue weighted by molar-refractivity contribution is 9.10. The standard InChI is InChI=1S/C9H7BrN4S/c10-6-2-1-3-13-8(6)15-9-7(11)12-4-5-14-9/h1-5H,(H2,11,12). The average Bonchev–Trinajstić information content (AvgIpc) is 2.24. The van der Waals surface area contributed by atoms with Crippen LogP contribution in [-0.4, -0.2) is 15.0 Å². The summed E-state index contributed by atoms with van der Waals surface area (Å²) in [5.74, 6) is 0.417. The fourth-order valence-corrected chi connectivity index (χ4v) is 2.18. The summed E-state index contributed by atoms with van der Waals surface area (Å²) in [4.78, 5) is 12.3. The third kappa shape index (κ3) is 2.45. The molecule has 2 rings (SSSR count). The van der Waals surface area contributed by atoms with Gasteiger partial charge in [0, 0.05) is 18.6 Å². The maximum atomic E-state index is 5.68. The van der Waals surface area contributed by atoms with E-state index < -0.39 is 0 Å². The zero-order valence-corrected chi connectivity index (χ0v) is 9.99. The smallest absolute Gasteiger partial charge is 0.156 e. The minimum absolute atomic E-state index is 0.417. The lowest BCUT2D eigenvalue weighted by Crippen LogP contribution is -1.95. The second-order valence-electron chi connectivity index (χ2n) is 2.64. The molecular formula is C9H7BrN4S. The number of aromatic nitrogens is 3. The third-order valence-corrected chi connectivity index (χ3v) is 3.54. The number of pyridine rings is 1. The maximum Gasteiger partial charge on any atom is 0.156 e. The molecule has 0 saturated heterocycles. The molecule has 0 aliphatic heterocycles. The van der Waals surface area contributed by atoms with Crippen LogP contribution in [-0.2, 0) is 0 Å². The monoisotopic (exact) mass is 282 g/mol. The molecule has 0 unspecified atom stereocenters. The first-order valence-corrected chi connectivity index (χ1v) is 5.73. The van der Waals surface area contributed by atoms with Gasteiger partial charge < -0.3 is 5.73 Å². The summed E-state index contributed by atoms with van der Waals surface area (Å²) >= 11 is 4.79. The Hall–Kier alpha value is -1.14. The first-order valence-electron chi connectivity index (χ1n) is 4.12. The van der Waals surface area contributed by atoms with Gasteiger partial charge in [0.05, 0.1) is 4.47 Å². The molecule has 15 heavy (non-hydrogen) atoms. The highest BCUT2D eigenvalue weighted by Gasteiger charge is 2.07. The summed E-state index contributed by atoms with van der Waals surface area (Å²) in [6.07, 6.45) is 4.89. The van der Waals surface area contributed by atoms with Crippen molar-refractivity contribution >= 4 is 33.5 Å². The Balaban J connectivity index is 2.30. The van der Waals surface area contributed by atoms with Gasteiger partial charge in [0.1, 0.15) is 10.1 Å². The van der Waals surface area contributed by atoms with Crippen LogP contribution in [0, 0.1) is 0 Å². The molecule has 0 spiro atoms. The lowest BCUT2D eigenvalue weighted by atomic mass is 10.5. The van der Waals surface area contributed by atoms with E-state index in [1.165, 1.54) is 11.8 Å². The SMILES string of the molecule is Nc1nccnc1Sc1ncccc1Br. The van der Waals surface area contributed by atoms with Gasteiger partial charge in [-0.25, -0.2) is 15.0 Å². The van der Waals surface area contributed by atoms with Crippen molar-refractivity contribution in [2.45, 2.75) is 10.1 Å². The van der Waals surface area contributed by atoms with Gasteiger partial charge in [-0.2, -0.15) is 0 Å². The van der Waals surface area contributed by atoms with Crippen molar-refractivity contribution in [2.75, 3.05) is 5.73 Å². The van der Waals surface area contributed by atoms with Gasteiger partial charge in [-0.1, -0.05) is 0 Å². The van der Waals surface area contributed by atoms with E-state index in [1.807, 2.05) is 12.1 Å². The van der Waals surface area contributed by atoms with Crippen LogP contribution in [0.4, 0.5) is 5.82 Å². The molecule has 0 aliphatic rings. The van der Waals surface area contributed by atoms with Gasteiger partial charge in [-0.3, -0.25) is 0 Å². The number of anilines is 1. The van der Waals surface area contributed by atoms with Gasteiger partial charge in [0.25, 0.3) is 0 Å². The molecule has 0 atom stereocenters. The number of hydrogen-bond acceptors (Lipinski definition) is 5. The fourth-order valence-electron chi connectivity index (χ4n) is 0.953. The van der Waals surface area contributed by atoms with E-state index in [0.717, 1.165) is 9.50 Å². The summed E-state index contributed by atoms with van der Waals surface area (Å²) < 4.78 is 0.917. The number of nitrogens with two attached hydrogens (primary N) is 1. The molecular weight excluding hydrogens is 276 g/mol. The Bertz CT molecular complexity index is 434. The van der Waals surface area contributed by atoms with Gasteiger partial charge in [-0.15, -0.1) is 0 Å². The molecule has 4 nitrogen and oxygen atoms in total. The number of halogens is 1. The normalized spacial score (nSPS) is 10.2. The molecule has 2 heterocycles. The van der Waals surface area contributed by atoms with Gasteiger partial charge in [-0.05, 0) is 39.8 Å². The Morgan fingerprint density at radius 3 is 2.53 bits per heavy atom. The van der Waals surface area contributed by atoms with Crippen LogP contribution in [0.15, 0.2) is 45.2 Å². The van der Waals surface area contributed by atoms with Crippen molar-refractivity contribution in [2.24, 2.45) is 0 Å². The van der Waals surface area contributed by atoms with E-state index in [-0.39, 0.29) is 0 Å². The topological polar surface area (TPSA) is 64.7 Å². The van der Waals surface area contributed by atoms with E-state index in [4.69, 9.17) is 5.73 Å². The van der Waals surface area contributed by atoms with Crippen molar-refractivity contribution in [3.63, 3.8) is 0 Å². The molecule has 0 aromatic carbocycles. The van der Waals surface area contributed by atoms with Gasteiger partial charge in [0.2, 0.25) is 0 Å². The number of nitrogens with zero attached hydrogens (tertiary/aromatic N) is 3. The second-order valence-corrected chi connectivity index (χ2v) is 4.47. The van der Waals surface area contributed by atoms with Gasteiger partial charge >= 0.3 is 0 Å². The summed E-state index contributed by atoms with van der Waals surface area (Å²) in [6, 6.07) is 3.77. The van der Waals surface area contributed by atoms with Crippen molar-refractivity contribution in [1.29, 1.82) is 0 Å². The first kappa shape index (κ1) is 10.4. The average molecular weight is 283 g/mol. The second kappa shape index (κ2) is 4.59. The minimum Gasteiger partial charge on any atom is -0.381 e. The van der Waals surface area contributed by atoms with E-state index in [1.54, 1.807) is 18.6 Å². The predicted molar refractivity (Wildman–Crippen MR) is 62.5 cm³/mol. The fraction of sp³-hybridized carbons (Fsp3) is 0. The number of rotatable bonds is 2. The molecule has 0 bridgehead atoms. The Labute approximate surface area is 99.5 Å². The van der Waals surface area contributed by atoms with Crippen molar-refractivity contribution < 1.29 is 0 Å². The van der Waals surface area contributed by atoms with Crippen LogP contribution in [0.3, 0.4) is 0 Å². The van der Waals surface area contributed by atoms with Gasteiger partial charge in [0.15, 0.2) is 5.82 Å². The molecule has 76 valence electrons. The summed E-state index contributed by atoms with van der Waals surface area (Å²) in [5.41, 5.74) is 5.68. The Morgan fingerprint density at radius 2 is 1.80 bits per heavy atom. The van der Waals surface area contributed by atoms with Crippen LogP contribution in [0.1, 0.15) is 0 Å². The molecule has 2 aromatic heterocycles. The lowest BCUT2D eigenvalue weighted by Gasteiger charge is -2.03. The molecule has 0 amide bonds. The summed E-state index contributed by atoms with van der Waals surface area (Å²) in [7, 11) is 0. The Kier molecular flexibility index (Phi) is 3.17.